The van der Waals surface area contributed by atoms with Crippen LogP contribution in [0.2, 0.25) is 5.02 Å². The van der Waals surface area contributed by atoms with E-state index in [1.807, 2.05) is 0 Å². The lowest BCUT2D eigenvalue weighted by Crippen LogP contribution is -2.03. The van der Waals surface area contributed by atoms with E-state index in [4.69, 9.17) is 11.6 Å². The Morgan fingerprint density at radius 3 is 2.69 bits per heavy atom. The average Bonchev–Trinajstić information content (AvgIpc) is 1.93. The Kier molecular flexibility index (Phi) is 3.09. The van der Waals surface area contributed by atoms with Gasteiger partial charge < -0.3 is 4.18 Å². The Labute approximate surface area is 87.2 Å². The van der Waals surface area contributed by atoms with Gasteiger partial charge in [-0.15, -0.1) is 0 Å². The van der Waals surface area contributed by atoms with Crippen LogP contribution in [0.1, 0.15) is 0 Å². The van der Waals surface area contributed by atoms with Crippen LogP contribution in [0.4, 0.5) is 3.89 Å². The third-order valence-electron chi connectivity index (χ3n) is 0.953. The van der Waals surface area contributed by atoms with Crippen molar-refractivity contribution in [2.75, 3.05) is 0 Å². The second kappa shape index (κ2) is 3.77. The molecule has 1 rings (SSSR count). The number of nitrogens with zero attached hydrogens (tertiary/aromatic N) is 1. The number of aromatic nitrogens is 1. The second-order valence-corrected chi connectivity index (χ2v) is 4.16. The summed E-state index contributed by atoms with van der Waals surface area (Å²) in [6.45, 7) is 0. The fraction of sp³-hybridized carbons (Fsp3) is 0. The topological polar surface area (TPSA) is 56.3 Å². The van der Waals surface area contributed by atoms with Crippen LogP contribution in [0.15, 0.2) is 16.7 Å². The van der Waals surface area contributed by atoms with Crippen LogP contribution in [0, 0.1) is 0 Å². The van der Waals surface area contributed by atoms with Crippen LogP contribution in [0.25, 0.3) is 0 Å². The lowest BCUT2D eigenvalue weighted by Gasteiger charge is -2.00. The standard InChI is InChI=1S/C5H2BrClFNO3S/c6-4-1-3(7)2-9-5(4)12-13(8,10)11/h1-2H. The molecule has 72 valence electrons. The van der Waals surface area contributed by atoms with Crippen molar-refractivity contribution in [3.63, 3.8) is 0 Å². The summed E-state index contributed by atoms with van der Waals surface area (Å²) in [6.07, 6.45) is 1.13. The van der Waals surface area contributed by atoms with E-state index in [0.717, 1.165) is 6.20 Å². The average molecular weight is 290 g/mol. The fourth-order valence-corrected chi connectivity index (χ4v) is 1.71. The van der Waals surface area contributed by atoms with Crippen LogP contribution >= 0.6 is 27.5 Å². The predicted octanol–water partition coefficient (Wildman–Crippen LogP) is 2.09. The van der Waals surface area contributed by atoms with E-state index in [0.29, 0.717) is 0 Å². The maximum absolute atomic E-state index is 12.0. The van der Waals surface area contributed by atoms with Crippen molar-refractivity contribution in [2.24, 2.45) is 0 Å². The van der Waals surface area contributed by atoms with Gasteiger partial charge in [-0.1, -0.05) is 15.5 Å². The van der Waals surface area contributed by atoms with E-state index in [-0.39, 0.29) is 9.50 Å². The first kappa shape index (κ1) is 10.7. The Balaban J connectivity index is 3.04. The zero-order valence-corrected chi connectivity index (χ0v) is 9.03. The largest absolute Gasteiger partial charge is 0.490 e. The van der Waals surface area contributed by atoms with Gasteiger partial charge in [0.2, 0.25) is 5.88 Å². The molecule has 0 aromatic carbocycles. The lowest BCUT2D eigenvalue weighted by atomic mass is 10.5. The Bertz CT molecular complexity index is 424. The highest BCUT2D eigenvalue weighted by atomic mass is 79.9. The van der Waals surface area contributed by atoms with Gasteiger partial charge in [0.1, 0.15) is 0 Å². The van der Waals surface area contributed by atoms with Crippen molar-refractivity contribution in [1.82, 2.24) is 4.98 Å². The number of rotatable bonds is 2. The summed E-state index contributed by atoms with van der Waals surface area (Å²) in [5.41, 5.74) is 0. The van der Waals surface area contributed by atoms with Crippen LogP contribution in [0.5, 0.6) is 5.88 Å². The van der Waals surface area contributed by atoms with E-state index < -0.39 is 16.4 Å². The van der Waals surface area contributed by atoms with Crippen LogP contribution in [-0.2, 0) is 10.5 Å². The zero-order valence-electron chi connectivity index (χ0n) is 5.87. The summed E-state index contributed by atoms with van der Waals surface area (Å²) in [7, 11) is -5.05. The summed E-state index contributed by atoms with van der Waals surface area (Å²) >= 11 is 8.39. The highest BCUT2D eigenvalue weighted by Crippen LogP contribution is 2.26. The zero-order chi connectivity index (χ0) is 10.1. The van der Waals surface area contributed by atoms with E-state index in [1.165, 1.54) is 6.07 Å². The van der Waals surface area contributed by atoms with E-state index in [1.54, 1.807) is 0 Å². The summed E-state index contributed by atoms with van der Waals surface area (Å²) in [6, 6.07) is 1.33. The summed E-state index contributed by atoms with van der Waals surface area (Å²) in [5, 5.41) is 0.274. The van der Waals surface area contributed by atoms with E-state index >= 15 is 0 Å². The molecule has 0 radical (unpaired) electrons. The predicted molar refractivity (Wildman–Crippen MR) is 47.6 cm³/mol. The molecule has 1 heterocycles. The molecule has 0 bridgehead atoms. The first-order chi connectivity index (χ1) is 5.88. The molecule has 0 N–H and O–H groups in total. The van der Waals surface area contributed by atoms with Crippen LogP contribution < -0.4 is 4.18 Å². The fourth-order valence-electron chi connectivity index (χ4n) is 0.558. The minimum atomic E-state index is -5.05. The number of hydrogen-bond donors (Lipinski definition) is 0. The maximum Gasteiger partial charge on any atom is 0.490 e. The van der Waals surface area contributed by atoms with Gasteiger partial charge in [-0.3, -0.25) is 0 Å². The molecule has 0 saturated carbocycles. The maximum atomic E-state index is 12.0. The monoisotopic (exact) mass is 289 g/mol. The van der Waals surface area contributed by atoms with Gasteiger partial charge in [0.15, 0.2) is 0 Å². The number of pyridine rings is 1. The molecule has 1 aromatic rings. The van der Waals surface area contributed by atoms with E-state index in [2.05, 4.69) is 25.1 Å². The Morgan fingerprint density at radius 2 is 2.23 bits per heavy atom. The highest BCUT2D eigenvalue weighted by Gasteiger charge is 2.13. The van der Waals surface area contributed by atoms with E-state index in [9.17, 15) is 12.3 Å². The summed E-state index contributed by atoms with van der Waals surface area (Å²) < 4.78 is 36.2. The van der Waals surface area contributed by atoms with Crippen molar-refractivity contribution in [3.05, 3.63) is 21.8 Å². The quantitative estimate of drug-likeness (QED) is 0.783. The molecule has 0 aliphatic rings. The Morgan fingerprint density at radius 1 is 1.62 bits per heavy atom. The molecule has 0 unspecified atom stereocenters. The molecule has 8 heteroatoms. The minimum Gasteiger partial charge on any atom is -0.336 e. The minimum absolute atomic E-state index is 0.154. The van der Waals surface area contributed by atoms with Crippen molar-refractivity contribution in [2.45, 2.75) is 0 Å². The first-order valence-corrected chi connectivity index (χ1v) is 5.31. The van der Waals surface area contributed by atoms with Crippen molar-refractivity contribution in [3.8, 4) is 5.88 Å². The van der Waals surface area contributed by atoms with Gasteiger partial charge in [0, 0.05) is 6.20 Å². The third-order valence-corrected chi connectivity index (χ3v) is 2.08. The molecule has 0 spiro atoms. The van der Waals surface area contributed by atoms with Crippen molar-refractivity contribution >= 4 is 38.0 Å². The molecular weight excluding hydrogens is 288 g/mol. The van der Waals surface area contributed by atoms with Crippen LogP contribution in [0.3, 0.4) is 0 Å². The van der Waals surface area contributed by atoms with Gasteiger partial charge in [-0.2, -0.15) is 8.42 Å². The van der Waals surface area contributed by atoms with Gasteiger partial charge in [-0.25, -0.2) is 4.98 Å². The SMILES string of the molecule is O=S(=O)(F)Oc1ncc(Cl)cc1Br. The van der Waals surface area contributed by atoms with Crippen LogP contribution in [-0.4, -0.2) is 13.4 Å². The normalized spacial score (nSPS) is 11.3. The molecule has 0 atom stereocenters. The molecule has 0 fully saturated rings. The number of halogens is 3. The lowest BCUT2D eigenvalue weighted by molar-refractivity contribution is 0.430. The summed E-state index contributed by atoms with van der Waals surface area (Å²) in [5.74, 6) is -0.396. The third kappa shape index (κ3) is 3.45. The van der Waals surface area contributed by atoms with Gasteiger partial charge >= 0.3 is 10.5 Å². The number of hydrogen-bond acceptors (Lipinski definition) is 4. The van der Waals surface area contributed by atoms with Crippen molar-refractivity contribution < 1.29 is 16.5 Å². The van der Waals surface area contributed by atoms with Gasteiger partial charge in [-0.05, 0) is 22.0 Å². The molecule has 0 aliphatic heterocycles. The smallest absolute Gasteiger partial charge is 0.336 e. The molecule has 0 amide bonds. The first-order valence-electron chi connectivity index (χ1n) is 2.83. The second-order valence-electron chi connectivity index (χ2n) is 1.92. The highest BCUT2D eigenvalue weighted by molar-refractivity contribution is 9.10. The molecule has 13 heavy (non-hydrogen) atoms. The van der Waals surface area contributed by atoms with Gasteiger partial charge in [0.05, 0.1) is 9.50 Å². The molecule has 0 saturated heterocycles. The summed E-state index contributed by atoms with van der Waals surface area (Å²) in [4.78, 5) is 3.44. The van der Waals surface area contributed by atoms with Crippen molar-refractivity contribution in [1.29, 1.82) is 0 Å². The molecular formula is C5H2BrClFNO3S. The van der Waals surface area contributed by atoms with Gasteiger partial charge in [0.25, 0.3) is 0 Å². The molecule has 1 aromatic heterocycles. The molecule has 0 aliphatic carbocycles. The Hall–Kier alpha value is -0.400. The molecule has 4 nitrogen and oxygen atoms in total.